The van der Waals surface area contributed by atoms with Crippen molar-refractivity contribution in [3.63, 3.8) is 0 Å². The smallest absolute Gasteiger partial charge is 0.266 e. The normalized spacial score (nSPS) is 15.6. The average Bonchev–Trinajstić information content (AvgIpc) is 2.14. The number of rotatable bonds is 4. The summed E-state index contributed by atoms with van der Waals surface area (Å²) >= 11 is -2.64. The largest absolute Gasteiger partial charge is 0.772 e. The standard InChI is InChI=1S/C8H11NO5S2/c9-7-3-1-6(2-4-7)8(15(10)11)5-16(12,13)14/h1-4,8H,5,9H2,(H,10,11)(H,12,13,14)/p-1. The molecule has 16 heavy (non-hydrogen) atoms. The second-order valence-electron chi connectivity index (χ2n) is 3.16. The zero-order valence-corrected chi connectivity index (χ0v) is 9.70. The summed E-state index contributed by atoms with van der Waals surface area (Å²) in [6, 6.07) is 5.72. The molecule has 1 rings (SSSR count). The van der Waals surface area contributed by atoms with Crippen molar-refractivity contribution in [1.82, 2.24) is 0 Å². The van der Waals surface area contributed by atoms with Gasteiger partial charge in [-0.1, -0.05) is 12.1 Å². The van der Waals surface area contributed by atoms with Crippen LogP contribution in [0.4, 0.5) is 5.69 Å². The minimum atomic E-state index is -4.35. The van der Waals surface area contributed by atoms with Crippen molar-refractivity contribution >= 4 is 26.9 Å². The third-order valence-electron chi connectivity index (χ3n) is 1.90. The molecule has 0 aliphatic heterocycles. The van der Waals surface area contributed by atoms with Crippen LogP contribution in [0, 0.1) is 0 Å². The lowest BCUT2D eigenvalue weighted by molar-refractivity contribution is 0.477. The number of hydrogen-bond donors (Lipinski definition) is 2. The van der Waals surface area contributed by atoms with Crippen LogP contribution in [0.1, 0.15) is 10.8 Å². The van der Waals surface area contributed by atoms with Gasteiger partial charge in [-0.2, -0.15) is 8.42 Å². The molecular formula is C8H10NO5S2-. The number of nitrogen functional groups attached to an aromatic ring is 1. The van der Waals surface area contributed by atoms with Crippen molar-refractivity contribution in [2.75, 3.05) is 11.5 Å². The fraction of sp³-hybridized carbons (Fsp3) is 0.250. The fourth-order valence-electron chi connectivity index (χ4n) is 1.16. The maximum absolute atomic E-state index is 10.9. The number of nitrogens with two attached hydrogens (primary N) is 1. The first-order valence-corrected chi connectivity index (χ1v) is 6.93. The quantitative estimate of drug-likeness (QED) is 0.451. The van der Waals surface area contributed by atoms with E-state index in [1.54, 1.807) is 0 Å². The van der Waals surface area contributed by atoms with Crippen LogP contribution in [0.2, 0.25) is 0 Å². The summed E-state index contributed by atoms with van der Waals surface area (Å²) in [6.45, 7) is 0. The Labute approximate surface area is 95.5 Å². The molecule has 3 N–H and O–H groups in total. The minimum Gasteiger partial charge on any atom is -0.772 e. The lowest BCUT2D eigenvalue weighted by Crippen LogP contribution is -2.17. The van der Waals surface area contributed by atoms with Crippen LogP contribution in [0.25, 0.3) is 0 Å². The van der Waals surface area contributed by atoms with Gasteiger partial charge in [0.1, 0.15) is 0 Å². The monoisotopic (exact) mass is 264 g/mol. The van der Waals surface area contributed by atoms with Crippen molar-refractivity contribution in [3.05, 3.63) is 29.8 Å². The second-order valence-corrected chi connectivity index (χ2v) is 5.75. The molecule has 0 saturated carbocycles. The van der Waals surface area contributed by atoms with Crippen molar-refractivity contribution in [3.8, 4) is 0 Å². The van der Waals surface area contributed by atoms with Crippen LogP contribution >= 0.6 is 0 Å². The molecule has 0 aliphatic carbocycles. The van der Waals surface area contributed by atoms with Gasteiger partial charge in [-0.15, -0.1) is 0 Å². The lowest BCUT2D eigenvalue weighted by atomic mass is 10.1. The predicted molar refractivity (Wildman–Crippen MR) is 58.9 cm³/mol. The number of benzene rings is 1. The van der Waals surface area contributed by atoms with E-state index in [9.17, 15) is 17.2 Å². The molecule has 0 aromatic heterocycles. The first-order valence-electron chi connectivity index (χ1n) is 4.18. The first-order chi connectivity index (χ1) is 7.29. The Morgan fingerprint density at radius 1 is 1.38 bits per heavy atom. The van der Waals surface area contributed by atoms with E-state index >= 15 is 0 Å². The fourth-order valence-corrected chi connectivity index (χ4v) is 3.08. The van der Waals surface area contributed by atoms with Gasteiger partial charge in [-0.25, -0.2) is 0 Å². The summed E-state index contributed by atoms with van der Waals surface area (Å²) in [5.41, 5.74) is 6.11. The third-order valence-corrected chi connectivity index (χ3v) is 3.77. The lowest BCUT2D eigenvalue weighted by Gasteiger charge is -2.18. The van der Waals surface area contributed by atoms with Gasteiger partial charge < -0.3 is 10.3 Å². The first kappa shape index (κ1) is 13.1. The maximum atomic E-state index is 10.9. The molecule has 8 heteroatoms. The molecule has 0 heterocycles. The molecule has 2 atom stereocenters. The van der Waals surface area contributed by atoms with Gasteiger partial charge in [0.05, 0.1) is 11.0 Å². The summed E-state index contributed by atoms with van der Waals surface area (Å²) < 4.78 is 51.6. The van der Waals surface area contributed by atoms with Crippen LogP contribution in [-0.4, -0.2) is 27.5 Å². The molecule has 0 fully saturated rings. The number of anilines is 1. The van der Waals surface area contributed by atoms with Crippen LogP contribution < -0.4 is 5.73 Å². The van der Waals surface area contributed by atoms with Crippen molar-refractivity contribution in [2.24, 2.45) is 0 Å². The predicted octanol–water partition coefficient (Wildman–Crippen LogP) is 0.0768. The molecule has 1 aromatic rings. The molecule has 1 aromatic carbocycles. The Morgan fingerprint density at radius 2 is 1.88 bits per heavy atom. The van der Waals surface area contributed by atoms with Gasteiger partial charge in [0.15, 0.2) is 0 Å². The molecule has 0 radical (unpaired) electrons. The zero-order valence-electron chi connectivity index (χ0n) is 8.07. The second kappa shape index (κ2) is 4.91. The molecule has 0 amide bonds. The topological polar surface area (TPSA) is 121 Å². The zero-order chi connectivity index (χ0) is 12.3. The van der Waals surface area contributed by atoms with E-state index < -0.39 is 32.2 Å². The van der Waals surface area contributed by atoms with Crippen molar-refractivity contribution in [2.45, 2.75) is 5.25 Å². The highest BCUT2D eigenvalue weighted by molar-refractivity contribution is 7.87. The Bertz CT molecular complexity index is 482. The van der Waals surface area contributed by atoms with E-state index in [2.05, 4.69) is 0 Å². The Kier molecular flexibility index (Phi) is 4.03. The SMILES string of the molecule is Nc1ccc(C(CS(=O)(=O)O)S(=O)[O-])cc1. The number of hydrogen-bond acceptors (Lipinski definition) is 5. The molecule has 0 bridgehead atoms. The van der Waals surface area contributed by atoms with Crippen LogP contribution in [-0.2, 0) is 21.2 Å². The third kappa shape index (κ3) is 3.89. The minimum absolute atomic E-state index is 0.264. The Balaban J connectivity index is 3.03. The highest BCUT2D eigenvalue weighted by Crippen LogP contribution is 2.21. The van der Waals surface area contributed by atoms with E-state index in [0.29, 0.717) is 5.69 Å². The molecule has 0 aliphatic rings. The van der Waals surface area contributed by atoms with Crippen molar-refractivity contribution in [1.29, 1.82) is 0 Å². The van der Waals surface area contributed by atoms with Gasteiger partial charge >= 0.3 is 0 Å². The molecule has 2 unspecified atom stereocenters. The van der Waals surface area contributed by atoms with Gasteiger partial charge in [0.2, 0.25) is 0 Å². The highest BCUT2D eigenvalue weighted by Gasteiger charge is 2.19. The maximum Gasteiger partial charge on any atom is 0.266 e. The van der Waals surface area contributed by atoms with E-state index in [1.807, 2.05) is 0 Å². The summed E-state index contributed by atoms with van der Waals surface area (Å²) in [7, 11) is -4.35. The van der Waals surface area contributed by atoms with E-state index in [1.165, 1.54) is 24.3 Å². The van der Waals surface area contributed by atoms with E-state index in [-0.39, 0.29) is 5.56 Å². The summed E-state index contributed by atoms with van der Waals surface area (Å²) in [6.07, 6.45) is 0. The summed E-state index contributed by atoms with van der Waals surface area (Å²) in [4.78, 5) is 0. The van der Waals surface area contributed by atoms with Gasteiger partial charge in [-0.05, 0) is 28.8 Å². The van der Waals surface area contributed by atoms with Gasteiger partial charge in [0.25, 0.3) is 10.1 Å². The van der Waals surface area contributed by atoms with E-state index in [4.69, 9.17) is 10.3 Å². The van der Waals surface area contributed by atoms with Gasteiger partial charge in [0, 0.05) is 5.69 Å². The molecule has 6 nitrogen and oxygen atoms in total. The Morgan fingerprint density at radius 3 is 2.25 bits per heavy atom. The molecule has 0 saturated heterocycles. The van der Waals surface area contributed by atoms with E-state index in [0.717, 1.165) is 0 Å². The van der Waals surface area contributed by atoms with Crippen LogP contribution in [0.15, 0.2) is 24.3 Å². The van der Waals surface area contributed by atoms with Gasteiger partial charge in [-0.3, -0.25) is 8.76 Å². The molecular weight excluding hydrogens is 254 g/mol. The average molecular weight is 264 g/mol. The molecule has 0 spiro atoms. The summed E-state index contributed by atoms with van der Waals surface area (Å²) in [5.74, 6) is -0.868. The van der Waals surface area contributed by atoms with Crippen molar-refractivity contribution < 1.29 is 21.7 Å². The highest BCUT2D eigenvalue weighted by atomic mass is 32.2. The Hall–Kier alpha value is -0.960. The molecule has 90 valence electrons. The van der Waals surface area contributed by atoms with Crippen LogP contribution in [0.3, 0.4) is 0 Å². The van der Waals surface area contributed by atoms with Crippen LogP contribution in [0.5, 0.6) is 0 Å². The summed E-state index contributed by atoms with van der Waals surface area (Å²) in [5, 5.41) is -1.30.